The molecule has 35 heavy (non-hydrogen) atoms. The lowest BCUT2D eigenvalue weighted by Gasteiger charge is -2.29. The molecule has 0 bridgehead atoms. The number of morpholine rings is 1. The Morgan fingerprint density at radius 3 is 2.46 bits per heavy atom. The Hall–Kier alpha value is -3.46. The number of benzene rings is 1. The second kappa shape index (κ2) is 9.30. The lowest BCUT2D eigenvalue weighted by Crippen LogP contribution is -2.42. The molecule has 0 unspecified atom stereocenters. The molecule has 0 atom stereocenters. The van der Waals surface area contributed by atoms with Crippen LogP contribution < -0.4 is 0 Å². The van der Waals surface area contributed by atoms with Crippen LogP contribution in [0, 0.1) is 0 Å². The number of aryl methyl sites for hydroxylation is 1. The van der Waals surface area contributed by atoms with E-state index in [0.29, 0.717) is 63.7 Å². The first-order chi connectivity index (χ1) is 17.2. The van der Waals surface area contributed by atoms with Gasteiger partial charge in [-0.1, -0.05) is 35.5 Å². The lowest BCUT2D eigenvalue weighted by atomic mass is 9.95. The normalized spacial score (nSPS) is 17.7. The van der Waals surface area contributed by atoms with E-state index in [0.717, 1.165) is 53.8 Å². The van der Waals surface area contributed by atoms with Crippen molar-refractivity contribution in [1.82, 2.24) is 24.7 Å². The van der Waals surface area contributed by atoms with Gasteiger partial charge < -0.3 is 19.1 Å². The maximum atomic E-state index is 13.5. The molecule has 1 aromatic carbocycles. The molecule has 1 saturated heterocycles. The summed E-state index contributed by atoms with van der Waals surface area (Å²) in [7, 11) is 0. The first-order valence-corrected chi connectivity index (χ1v) is 12.4. The van der Waals surface area contributed by atoms with E-state index in [-0.39, 0.29) is 11.8 Å². The van der Waals surface area contributed by atoms with Gasteiger partial charge in [0.2, 0.25) is 0 Å². The van der Waals surface area contributed by atoms with Gasteiger partial charge in [0.1, 0.15) is 5.76 Å². The summed E-state index contributed by atoms with van der Waals surface area (Å²) in [5.41, 5.74) is 4.82. The van der Waals surface area contributed by atoms with Crippen molar-refractivity contribution in [3.63, 3.8) is 0 Å². The molecule has 1 aliphatic carbocycles. The average Bonchev–Trinajstić information content (AvgIpc) is 3.50. The summed E-state index contributed by atoms with van der Waals surface area (Å²) < 4.78 is 12.9. The predicted octanol–water partition coefficient (Wildman–Crippen LogP) is 2.47. The highest BCUT2D eigenvalue weighted by atomic mass is 16.5. The first kappa shape index (κ1) is 22.0. The minimum Gasteiger partial charge on any atom is -0.378 e. The number of amides is 2. The highest BCUT2D eigenvalue weighted by Gasteiger charge is 2.35. The third kappa shape index (κ3) is 4.14. The molecule has 4 heterocycles. The van der Waals surface area contributed by atoms with Crippen LogP contribution in [-0.4, -0.2) is 69.4 Å². The third-order valence-electron chi connectivity index (χ3n) is 7.25. The van der Waals surface area contributed by atoms with Crippen molar-refractivity contribution in [2.24, 2.45) is 0 Å². The SMILES string of the molecule is O=C(c1noc2c1CCCC2)N1CCc2c(c(C(=O)N3CCOCC3)nn2Cc2ccccc2)C1. The number of ether oxygens (including phenoxy) is 1. The van der Waals surface area contributed by atoms with Gasteiger partial charge in [0.05, 0.1) is 26.3 Å². The van der Waals surface area contributed by atoms with Gasteiger partial charge in [-0.2, -0.15) is 5.10 Å². The van der Waals surface area contributed by atoms with E-state index in [1.54, 1.807) is 9.80 Å². The highest BCUT2D eigenvalue weighted by molar-refractivity contribution is 5.96. The van der Waals surface area contributed by atoms with Gasteiger partial charge in [-0.25, -0.2) is 0 Å². The zero-order valence-corrected chi connectivity index (χ0v) is 19.7. The number of carbonyl (C=O) groups is 2. The monoisotopic (exact) mass is 475 g/mol. The molecule has 6 rings (SSSR count). The molecule has 0 spiro atoms. The van der Waals surface area contributed by atoms with Gasteiger partial charge in [0.25, 0.3) is 11.8 Å². The maximum Gasteiger partial charge on any atom is 0.276 e. The number of nitrogens with zero attached hydrogens (tertiary/aromatic N) is 5. The van der Waals surface area contributed by atoms with E-state index in [1.807, 2.05) is 22.9 Å². The van der Waals surface area contributed by atoms with Crippen LogP contribution in [-0.2, 0) is 37.1 Å². The number of hydrogen-bond acceptors (Lipinski definition) is 6. The topological polar surface area (TPSA) is 93.7 Å². The van der Waals surface area contributed by atoms with Gasteiger partial charge in [-0.3, -0.25) is 14.3 Å². The van der Waals surface area contributed by atoms with Gasteiger partial charge >= 0.3 is 0 Å². The molecule has 3 aliphatic rings. The van der Waals surface area contributed by atoms with Crippen LogP contribution in [0.4, 0.5) is 0 Å². The van der Waals surface area contributed by atoms with Crippen LogP contribution in [0.15, 0.2) is 34.9 Å². The number of fused-ring (bicyclic) bond motifs is 2. The van der Waals surface area contributed by atoms with Gasteiger partial charge in [-0.15, -0.1) is 0 Å². The molecular weight excluding hydrogens is 446 g/mol. The lowest BCUT2D eigenvalue weighted by molar-refractivity contribution is 0.0296. The van der Waals surface area contributed by atoms with Crippen LogP contribution in [0.25, 0.3) is 0 Å². The Bertz CT molecular complexity index is 1240. The second-order valence-corrected chi connectivity index (χ2v) is 9.44. The molecule has 0 saturated carbocycles. The Kier molecular flexibility index (Phi) is 5.85. The summed E-state index contributed by atoms with van der Waals surface area (Å²) in [6.07, 6.45) is 4.41. The van der Waals surface area contributed by atoms with Crippen LogP contribution >= 0.6 is 0 Å². The van der Waals surface area contributed by atoms with E-state index in [1.165, 1.54) is 0 Å². The molecule has 1 fully saturated rings. The van der Waals surface area contributed by atoms with Crippen LogP contribution in [0.1, 0.15) is 62.0 Å². The summed E-state index contributed by atoms with van der Waals surface area (Å²) in [6, 6.07) is 10.1. The van der Waals surface area contributed by atoms with Crippen molar-refractivity contribution in [3.05, 3.63) is 69.9 Å². The summed E-state index contributed by atoms with van der Waals surface area (Å²) in [5.74, 6) is 0.628. The minimum absolute atomic E-state index is 0.0931. The molecule has 2 aromatic heterocycles. The van der Waals surface area contributed by atoms with Crippen LogP contribution in [0.5, 0.6) is 0 Å². The predicted molar refractivity (Wildman–Crippen MR) is 126 cm³/mol. The first-order valence-electron chi connectivity index (χ1n) is 12.4. The number of rotatable bonds is 4. The van der Waals surface area contributed by atoms with E-state index in [9.17, 15) is 9.59 Å². The molecule has 2 aliphatic heterocycles. The van der Waals surface area contributed by atoms with Crippen molar-refractivity contribution in [3.8, 4) is 0 Å². The molecule has 182 valence electrons. The van der Waals surface area contributed by atoms with E-state index in [2.05, 4.69) is 17.3 Å². The van der Waals surface area contributed by atoms with Crippen LogP contribution in [0.3, 0.4) is 0 Å². The maximum absolute atomic E-state index is 13.5. The van der Waals surface area contributed by atoms with Gasteiger partial charge in [-0.05, 0) is 24.8 Å². The Labute approximate surface area is 203 Å². The fraction of sp³-hybridized carbons (Fsp3) is 0.462. The Morgan fingerprint density at radius 2 is 1.63 bits per heavy atom. The second-order valence-electron chi connectivity index (χ2n) is 9.44. The smallest absolute Gasteiger partial charge is 0.276 e. The summed E-state index contributed by atoms with van der Waals surface area (Å²) in [4.78, 5) is 30.6. The van der Waals surface area contributed by atoms with Crippen molar-refractivity contribution >= 4 is 11.8 Å². The van der Waals surface area contributed by atoms with E-state index in [4.69, 9.17) is 14.4 Å². The number of aromatic nitrogens is 3. The van der Waals surface area contributed by atoms with Crippen molar-refractivity contribution < 1.29 is 18.8 Å². The van der Waals surface area contributed by atoms with Crippen molar-refractivity contribution in [2.75, 3.05) is 32.8 Å². The Morgan fingerprint density at radius 1 is 0.857 bits per heavy atom. The quantitative estimate of drug-likeness (QED) is 0.576. The average molecular weight is 476 g/mol. The zero-order valence-electron chi connectivity index (χ0n) is 19.7. The molecule has 2 amide bonds. The van der Waals surface area contributed by atoms with Gasteiger partial charge in [0, 0.05) is 49.3 Å². The molecule has 3 aromatic rings. The minimum atomic E-state index is -0.122. The standard InChI is InChI=1S/C26H29N5O4/c32-25(29-12-14-34-15-13-29)23-20-17-30(26(33)24-19-8-4-5-9-22(19)35-28-24)11-10-21(20)31(27-23)16-18-6-2-1-3-7-18/h1-3,6-7H,4-5,8-17H2. The fourth-order valence-corrected chi connectivity index (χ4v) is 5.34. The molecule has 0 N–H and O–H groups in total. The molecule has 9 heteroatoms. The largest absolute Gasteiger partial charge is 0.378 e. The zero-order chi connectivity index (χ0) is 23.8. The van der Waals surface area contributed by atoms with Crippen LogP contribution in [0.2, 0.25) is 0 Å². The summed E-state index contributed by atoms with van der Waals surface area (Å²) in [5, 5.41) is 8.95. The molecular formula is C26H29N5O4. The van der Waals surface area contributed by atoms with Crippen molar-refractivity contribution in [2.45, 2.75) is 45.2 Å². The number of hydrogen-bond donors (Lipinski definition) is 0. The van der Waals surface area contributed by atoms with E-state index >= 15 is 0 Å². The fourth-order valence-electron chi connectivity index (χ4n) is 5.34. The summed E-state index contributed by atoms with van der Waals surface area (Å²) in [6.45, 7) is 3.64. The van der Waals surface area contributed by atoms with Crippen molar-refractivity contribution in [1.29, 1.82) is 0 Å². The molecule has 9 nitrogen and oxygen atoms in total. The van der Waals surface area contributed by atoms with Gasteiger partial charge in [0.15, 0.2) is 11.4 Å². The van der Waals surface area contributed by atoms with E-state index < -0.39 is 0 Å². The highest BCUT2D eigenvalue weighted by Crippen LogP contribution is 2.29. The molecule has 0 radical (unpaired) electrons. The Balaban J connectivity index is 1.32. The summed E-state index contributed by atoms with van der Waals surface area (Å²) >= 11 is 0. The third-order valence-corrected chi connectivity index (χ3v) is 7.25. The number of carbonyl (C=O) groups excluding carboxylic acids is 2.